The standard InChI is InChI=1S/C9H11N5O3S/c15-7(13-1-3-16-4-2-13)5-18-9-12-14-6-10-11-8(14)17-9/h6H,1-5H2. The van der Waals surface area contributed by atoms with E-state index in [1.165, 1.54) is 22.6 Å². The topological polar surface area (TPSA) is 85.8 Å². The Balaban J connectivity index is 1.57. The van der Waals surface area contributed by atoms with Crippen molar-refractivity contribution in [3.05, 3.63) is 6.33 Å². The molecule has 0 atom stereocenters. The van der Waals surface area contributed by atoms with Gasteiger partial charge in [-0.15, -0.1) is 10.2 Å². The van der Waals surface area contributed by atoms with Crippen molar-refractivity contribution in [1.82, 2.24) is 24.7 Å². The van der Waals surface area contributed by atoms with E-state index in [0.29, 0.717) is 43.1 Å². The molecular weight excluding hydrogens is 258 g/mol. The van der Waals surface area contributed by atoms with E-state index < -0.39 is 0 Å². The lowest BCUT2D eigenvalue weighted by molar-refractivity contribution is -0.132. The fourth-order valence-corrected chi connectivity index (χ4v) is 2.34. The van der Waals surface area contributed by atoms with Crippen molar-refractivity contribution in [3.8, 4) is 0 Å². The molecular formula is C9H11N5O3S. The minimum absolute atomic E-state index is 0.0669. The SMILES string of the molecule is O=C(CSc1nn2cnnc2o1)N1CCOCC1. The first-order valence-corrected chi connectivity index (χ1v) is 6.46. The predicted molar refractivity (Wildman–Crippen MR) is 61.2 cm³/mol. The summed E-state index contributed by atoms with van der Waals surface area (Å²) in [6.07, 6.45) is 1.45. The van der Waals surface area contributed by atoms with Crippen LogP contribution in [-0.4, -0.2) is 62.7 Å². The van der Waals surface area contributed by atoms with Crippen LogP contribution < -0.4 is 0 Å². The number of carbonyl (C=O) groups excluding carboxylic acids is 1. The van der Waals surface area contributed by atoms with Crippen molar-refractivity contribution in [2.75, 3.05) is 32.1 Å². The summed E-state index contributed by atoms with van der Waals surface area (Å²) in [5.74, 6) is 0.700. The van der Waals surface area contributed by atoms with Crippen LogP contribution in [0.5, 0.6) is 0 Å². The quantitative estimate of drug-likeness (QED) is 0.705. The normalized spacial score (nSPS) is 16.3. The number of aromatic nitrogens is 4. The number of ether oxygens (including phenoxy) is 1. The first-order chi connectivity index (χ1) is 8.83. The lowest BCUT2D eigenvalue weighted by atomic mass is 10.4. The van der Waals surface area contributed by atoms with Gasteiger partial charge in [0.05, 0.1) is 19.0 Å². The molecule has 8 nitrogen and oxygen atoms in total. The Hall–Kier alpha value is -1.61. The summed E-state index contributed by atoms with van der Waals surface area (Å²) in [6.45, 7) is 2.51. The van der Waals surface area contributed by atoms with Crippen molar-refractivity contribution in [2.24, 2.45) is 0 Å². The molecule has 0 aliphatic carbocycles. The molecule has 1 aliphatic heterocycles. The molecule has 96 valence electrons. The highest BCUT2D eigenvalue weighted by Crippen LogP contribution is 2.17. The number of amides is 1. The predicted octanol–water partition coefficient (Wildman–Crippen LogP) is -0.332. The largest absolute Gasteiger partial charge is 0.396 e. The summed E-state index contributed by atoms with van der Waals surface area (Å²) >= 11 is 1.25. The van der Waals surface area contributed by atoms with E-state index in [-0.39, 0.29) is 5.91 Å². The second-order valence-electron chi connectivity index (χ2n) is 3.71. The Kier molecular flexibility index (Phi) is 3.15. The summed E-state index contributed by atoms with van der Waals surface area (Å²) in [4.78, 5) is 13.7. The minimum Gasteiger partial charge on any atom is -0.396 e. The zero-order valence-corrected chi connectivity index (χ0v) is 10.3. The Morgan fingerprint density at radius 1 is 1.44 bits per heavy atom. The number of nitrogens with zero attached hydrogens (tertiary/aromatic N) is 5. The minimum atomic E-state index is 0.0669. The van der Waals surface area contributed by atoms with E-state index in [9.17, 15) is 4.79 Å². The van der Waals surface area contributed by atoms with Crippen molar-refractivity contribution in [2.45, 2.75) is 5.22 Å². The second-order valence-corrected chi connectivity index (χ2v) is 4.63. The highest BCUT2D eigenvalue weighted by atomic mass is 32.2. The van der Waals surface area contributed by atoms with Gasteiger partial charge < -0.3 is 14.1 Å². The molecule has 18 heavy (non-hydrogen) atoms. The van der Waals surface area contributed by atoms with E-state index in [1.54, 1.807) is 4.90 Å². The van der Waals surface area contributed by atoms with Gasteiger partial charge in [0.2, 0.25) is 5.91 Å². The van der Waals surface area contributed by atoms with Crippen LogP contribution in [0.3, 0.4) is 0 Å². The van der Waals surface area contributed by atoms with Gasteiger partial charge in [0.15, 0.2) is 0 Å². The van der Waals surface area contributed by atoms with Crippen LogP contribution in [0.2, 0.25) is 0 Å². The van der Waals surface area contributed by atoms with E-state index in [1.807, 2.05) is 0 Å². The molecule has 2 aromatic rings. The third-order valence-electron chi connectivity index (χ3n) is 2.55. The van der Waals surface area contributed by atoms with Gasteiger partial charge >= 0.3 is 5.84 Å². The van der Waals surface area contributed by atoms with E-state index in [4.69, 9.17) is 9.15 Å². The molecule has 2 aromatic heterocycles. The van der Waals surface area contributed by atoms with E-state index >= 15 is 0 Å². The number of rotatable bonds is 3. The maximum Gasteiger partial charge on any atom is 0.345 e. The van der Waals surface area contributed by atoms with Gasteiger partial charge in [0, 0.05) is 13.1 Å². The van der Waals surface area contributed by atoms with Crippen LogP contribution in [0.25, 0.3) is 5.84 Å². The molecule has 1 saturated heterocycles. The van der Waals surface area contributed by atoms with Crippen LogP contribution in [-0.2, 0) is 9.53 Å². The number of hydrogen-bond acceptors (Lipinski definition) is 7. The van der Waals surface area contributed by atoms with Gasteiger partial charge in [-0.2, -0.15) is 4.52 Å². The average Bonchev–Trinajstić information content (AvgIpc) is 2.97. The molecule has 9 heteroatoms. The van der Waals surface area contributed by atoms with Gasteiger partial charge in [-0.3, -0.25) is 4.79 Å². The monoisotopic (exact) mass is 269 g/mol. The fraction of sp³-hybridized carbons (Fsp3) is 0.556. The Bertz CT molecular complexity index is 519. The molecule has 0 saturated carbocycles. The molecule has 1 amide bonds. The molecule has 1 fully saturated rings. The third kappa shape index (κ3) is 2.31. The molecule has 0 N–H and O–H groups in total. The van der Waals surface area contributed by atoms with Gasteiger partial charge in [-0.1, -0.05) is 16.9 Å². The van der Waals surface area contributed by atoms with Crippen LogP contribution >= 0.6 is 11.8 Å². The lowest BCUT2D eigenvalue weighted by Gasteiger charge is -2.26. The number of thioether (sulfide) groups is 1. The molecule has 1 aliphatic rings. The molecule has 0 unspecified atom stereocenters. The van der Waals surface area contributed by atoms with Crippen LogP contribution in [0.15, 0.2) is 16.0 Å². The van der Waals surface area contributed by atoms with Crippen molar-refractivity contribution in [1.29, 1.82) is 0 Å². The van der Waals surface area contributed by atoms with Gasteiger partial charge in [-0.05, 0) is 0 Å². The van der Waals surface area contributed by atoms with Crippen LogP contribution in [0.4, 0.5) is 0 Å². The molecule has 0 aromatic carbocycles. The maximum atomic E-state index is 11.9. The fourth-order valence-electron chi connectivity index (χ4n) is 1.63. The van der Waals surface area contributed by atoms with E-state index in [2.05, 4.69) is 15.3 Å². The van der Waals surface area contributed by atoms with Crippen LogP contribution in [0.1, 0.15) is 0 Å². The number of fused-ring (bicyclic) bond motifs is 1. The number of morpholine rings is 1. The Morgan fingerprint density at radius 3 is 3.06 bits per heavy atom. The van der Waals surface area contributed by atoms with Gasteiger partial charge in [0.1, 0.15) is 6.33 Å². The molecule has 3 heterocycles. The molecule has 3 rings (SSSR count). The zero-order valence-electron chi connectivity index (χ0n) is 9.48. The summed E-state index contributed by atoms with van der Waals surface area (Å²) in [5, 5.41) is 11.8. The summed E-state index contributed by atoms with van der Waals surface area (Å²) in [5.41, 5.74) is 0. The maximum absolute atomic E-state index is 11.9. The number of carbonyl (C=O) groups is 1. The molecule has 0 radical (unpaired) electrons. The second kappa shape index (κ2) is 4.94. The van der Waals surface area contributed by atoms with Crippen molar-refractivity contribution >= 4 is 23.5 Å². The smallest absolute Gasteiger partial charge is 0.345 e. The Labute approximate surface area is 106 Å². The van der Waals surface area contributed by atoms with Crippen molar-refractivity contribution in [3.63, 3.8) is 0 Å². The highest BCUT2D eigenvalue weighted by molar-refractivity contribution is 7.99. The third-order valence-corrected chi connectivity index (χ3v) is 3.35. The van der Waals surface area contributed by atoms with Crippen LogP contribution in [0, 0.1) is 0 Å². The molecule has 0 bridgehead atoms. The first kappa shape index (κ1) is 11.5. The summed E-state index contributed by atoms with van der Waals surface area (Å²) in [6, 6.07) is 0. The average molecular weight is 269 g/mol. The van der Waals surface area contributed by atoms with Gasteiger partial charge in [0.25, 0.3) is 5.22 Å². The lowest BCUT2D eigenvalue weighted by Crippen LogP contribution is -2.41. The Morgan fingerprint density at radius 2 is 2.28 bits per heavy atom. The first-order valence-electron chi connectivity index (χ1n) is 5.48. The summed E-state index contributed by atoms with van der Waals surface area (Å²) in [7, 11) is 0. The van der Waals surface area contributed by atoms with Gasteiger partial charge in [-0.25, -0.2) is 0 Å². The van der Waals surface area contributed by atoms with Crippen molar-refractivity contribution < 1.29 is 13.9 Å². The highest BCUT2D eigenvalue weighted by Gasteiger charge is 2.18. The summed E-state index contributed by atoms with van der Waals surface area (Å²) < 4.78 is 11.9. The van der Waals surface area contributed by atoms with E-state index in [0.717, 1.165) is 0 Å². The zero-order chi connectivity index (χ0) is 12.4. The number of hydrogen-bond donors (Lipinski definition) is 0. The molecule has 0 spiro atoms.